The van der Waals surface area contributed by atoms with E-state index in [9.17, 15) is 0 Å². The third kappa shape index (κ3) is 2.97. The van der Waals surface area contributed by atoms with Gasteiger partial charge in [-0.1, -0.05) is 12.1 Å². The van der Waals surface area contributed by atoms with E-state index in [1.807, 2.05) is 25.1 Å². The van der Waals surface area contributed by atoms with Gasteiger partial charge in [0.2, 0.25) is 0 Å². The number of anilines is 1. The van der Waals surface area contributed by atoms with Crippen LogP contribution in [0.15, 0.2) is 35.8 Å². The fourth-order valence-electron chi connectivity index (χ4n) is 2.33. The van der Waals surface area contributed by atoms with Crippen molar-refractivity contribution in [2.75, 3.05) is 19.0 Å². The topological polar surface area (TPSA) is 47.0 Å². The maximum absolute atomic E-state index is 5.39. The minimum absolute atomic E-state index is 0.812. The maximum atomic E-state index is 5.39. The molecule has 0 atom stereocenters. The highest BCUT2D eigenvalue weighted by atomic mass is 32.1. The van der Waals surface area contributed by atoms with Crippen molar-refractivity contribution in [3.05, 3.63) is 46.5 Å². The minimum Gasteiger partial charge on any atom is -0.496 e. The molecule has 0 amide bonds. The number of aromatic nitrogens is 2. The highest BCUT2D eigenvalue weighted by Gasteiger charge is 2.06. The highest BCUT2D eigenvalue weighted by Crippen LogP contribution is 2.28. The number of hydrogen-bond acceptors (Lipinski definition) is 5. The van der Waals surface area contributed by atoms with E-state index in [4.69, 9.17) is 4.74 Å². The molecule has 0 unspecified atom stereocenters. The van der Waals surface area contributed by atoms with E-state index < -0.39 is 0 Å². The molecule has 0 aliphatic carbocycles. The predicted octanol–water partition coefficient (Wildman–Crippen LogP) is 3.66. The first-order chi connectivity index (χ1) is 10.3. The Morgan fingerprint density at radius 1 is 1.24 bits per heavy atom. The van der Waals surface area contributed by atoms with Crippen LogP contribution in [0.5, 0.6) is 5.75 Å². The Bertz CT molecular complexity index is 754. The normalized spacial score (nSPS) is 10.8. The third-order valence-electron chi connectivity index (χ3n) is 3.33. The van der Waals surface area contributed by atoms with E-state index >= 15 is 0 Å². The van der Waals surface area contributed by atoms with Crippen molar-refractivity contribution in [3.8, 4) is 5.75 Å². The molecule has 0 saturated heterocycles. The first-order valence-corrected chi connectivity index (χ1v) is 7.72. The van der Waals surface area contributed by atoms with Crippen molar-refractivity contribution in [3.63, 3.8) is 0 Å². The Balaban J connectivity index is 1.77. The number of benzene rings is 1. The number of aryl methyl sites for hydroxylation is 1. The first-order valence-electron chi connectivity index (χ1n) is 6.84. The molecule has 0 spiro atoms. The van der Waals surface area contributed by atoms with Crippen LogP contribution in [-0.2, 0) is 6.42 Å². The van der Waals surface area contributed by atoms with E-state index in [1.165, 1.54) is 0 Å². The summed E-state index contributed by atoms with van der Waals surface area (Å²) in [6.45, 7) is 2.84. The summed E-state index contributed by atoms with van der Waals surface area (Å²) in [5, 5.41) is 8.76. The van der Waals surface area contributed by atoms with E-state index in [2.05, 4.69) is 26.7 Å². The second kappa shape index (κ2) is 6.10. The lowest BCUT2D eigenvalue weighted by Gasteiger charge is -2.10. The average Bonchev–Trinajstić information content (AvgIpc) is 2.92. The van der Waals surface area contributed by atoms with Crippen LogP contribution in [0.3, 0.4) is 0 Å². The van der Waals surface area contributed by atoms with Gasteiger partial charge in [-0.25, -0.2) is 9.97 Å². The van der Waals surface area contributed by atoms with Gasteiger partial charge < -0.3 is 10.1 Å². The van der Waals surface area contributed by atoms with E-state index in [1.54, 1.807) is 24.6 Å². The summed E-state index contributed by atoms with van der Waals surface area (Å²) >= 11 is 1.69. The third-order valence-corrected chi connectivity index (χ3v) is 4.15. The molecule has 4 nitrogen and oxygen atoms in total. The molecule has 0 fully saturated rings. The summed E-state index contributed by atoms with van der Waals surface area (Å²) in [5.74, 6) is 1.76. The van der Waals surface area contributed by atoms with Gasteiger partial charge in [0.25, 0.3) is 0 Å². The summed E-state index contributed by atoms with van der Waals surface area (Å²) in [7, 11) is 1.69. The van der Waals surface area contributed by atoms with Crippen LogP contribution in [-0.4, -0.2) is 23.6 Å². The Labute approximate surface area is 127 Å². The van der Waals surface area contributed by atoms with Gasteiger partial charge in [-0.2, -0.15) is 0 Å². The standard InChI is InChI=1S/C16H17N3OS/c1-11-19-12(10-21-11)6-8-17-16-14-4-3-5-15(20-2)13(14)7-9-18-16/h3-5,7,9-10H,6,8H2,1-2H3,(H,17,18). The van der Waals surface area contributed by atoms with E-state index in [-0.39, 0.29) is 0 Å². The summed E-state index contributed by atoms with van der Waals surface area (Å²) in [5.41, 5.74) is 1.13. The molecule has 0 aliphatic rings. The number of methoxy groups -OCH3 is 1. The highest BCUT2D eigenvalue weighted by molar-refractivity contribution is 7.09. The zero-order valence-corrected chi connectivity index (χ0v) is 12.9. The van der Waals surface area contributed by atoms with Crippen LogP contribution in [0.1, 0.15) is 10.7 Å². The molecule has 1 aromatic carbocycles. The Hall–Kier alpha value is -2.14. The van der Waals surface area contributed by atoms with Crippen LogP contribution in [0, 0.1) is 6.92 Å². The number of nitrogens with zero attached hydrogens (tertiary/aromatic N) is 2. The fourth-order valence-corrected chi connectivity index (χ4v) is 2.98. The Morgan fingerprint density at radius 3 is 2.90 bits per heavy atom. The molecular weight excluding hydrogens is 282 g/mol. The van der Waals surface area contributed by atoms with Gasteiger partial charge in [0, 0.05) is 35.3 Å². The monoisotopic (exact) mass is 299 g/mol. The van der Waals surface area contributed by atoms with Crippen molar-refractivity contribution in [1.29, 1.82) is 0 Å². The number of thiazole rings is 1. The molecule has 5 heteroatoms. The molecule has 2 aromatic heterocycles. The van der Waals surface area contributed by atoms with Crippen LogP contribution in [0.4, 0.5) is 5.82 Å². The summed E-state index contributed by atoms with van der Waals surface area (Å²) in [6.07, 6.45) is 2.70. The van der Waals surface area contributed by atoms with Crippen molar-refractivity contribution in [1.82, 2.24) is 9.97 Å². The van der Waals surface area contributed by atoms with Gasteiger partial charge in [-0.15, -0.1) is 11.3 Å². The summed E-state index contributed by atoms with van der Waals surface area (Å²) < 4.78 is 5.39. The Kier molecular flexibility index (Phi) is 4.01. The van der Waals surface area contributed by atoms with Crippen molar-refractivity contribution < 1.29 is 4.74 Å². The second-order valence-electron chi connectivity index (χ2n) is 4.75. The van der Waals surface area contributed by atoms with Crippen LogP contribution < -0.4 is 10.1 Å². The summed E-state index contributed by atoms with van der Waals surface area (Å²) in [4.78, 5) is 8.90. The van der Waals surface area contributed by atoms with Gasteiger partial charge in [0.1, 0.15) is 11.6 Å². The maximum Gasteiger partial charge on any atom is 0.133 e. The molecule has 21 heavy (non-hydrogen) atoms. The second-order valence-corrected chi connectivity index (χ2v) is 5.81. The molecule has 0 aliphatic heterocycles. The van der Waals surface area contributed by atoms with Gasteiger partial charge in [0.15, 0.2) is 0 Å². The largest absolute Gasteiger partial charge is 0.496 e. The van der Waals surface area contributed by atoms with E-state index in [0.717, 1.165) is 46.0 Å². The zero-order chi connectivity index (χ0) is 14.7. The summed E-state index contributed by atoms with van der Waals surface area (Å²) in [6, 6.07) is 7.98. The van der Waals surface area contributed by atoms with Gasteiger partial charge in [-0.05, 0) is 19.1 Å². The number of fused-ring (bicyclic) bond motifs is 1. The van der Waals surface area contributed by atoms with Gasteiger partial charge in [-0.3, -0.25) is 0 Å². The molecule has 2 heterocycles. The average molecular weight is 299 g/mol. The van der Waals surface area contributed by atoms with Crippen LogP contribution in [0.25, 0.3) is 10.8 Å². The first kappa shape index (κ1) is 13.8. The number of pyridine rings is 1. The molecule has 108 valence electrons. The lowest BCUT2D eigenvalue weighted by molar-refractivity contribution is 0.420. The molecule has 3 aromatic rings. The fraction of sp³-hybridized carbons (Fsp3) is 0.250. The van der Waals surface area contributed by atoms with Crippen molar-refractivity contribution in [2.45, 2.75) is 13.3 Å². The van der Waals surface area contributed by atoms with Crippen molar-refractivity contribution >= 4 is 27.9 Å². The predicted molar refractivity (Wildman–Crippen MR) is 87.3 cm³/mol. The van der Waals surface area contributed by atoms with Crippen LogP contribution in [0.2, 0.25) is 0 Å². The van der Waals surface area contributed by atoms with E-state index in [0.29, 0.717) is 0 Å². The molecule has 1 N–H and O–H groups in total. The smallest absolute Gasteiger partial charge is 0.133 e. The molecular formula is C16H17N3OS. The number of nitrogens with one attached hydrogen (secondary N) is 1. The number of rotatable bonds is 5. The zero-order valence-electron chi connectivity index (χ0n) is 12.1. The lowest BCUT2D eigenvalue weighted by atomic mass is 10.1. The molecule has 3 rings (SSSR count). The molecule has 0 radical (unpaired) electrons. The van der Waals surface area contributed by atoms with Crippen molar-refractivity contribution in [2.24, 2.45) is 0 Å². The quantitative estimate of drug-likeness (QED) is 0.781. The van der Waals surface area contributed by atoms with Crippen LogP contribution >= 0.6 is 11.3 Å². The minimum atomic E-state index is 0.812. The van der Waals surface area contributed by atoms with Gasteiger partial charge in [0.05, 0.1) is 17.8 Å². The SMILES string of the molecule is COc1cccc2c(NCCc3csc(C)n3)nccc12. The number of ether oxygens (including phenoxy) is 1. The Morgan fingerprint density at radius 2 is 2.14 bits per heavy atom. The lowest BCUT2D eigenvalue weighted by Crippen LogP contribution is -2.07. The number of hydrogen-bond donors (Lipinski definition) is 1. The molecule has 0 saturated carbocycles. The molecule has 0 bridgehead atoms. The van der Waals surface area contributed by atoms with Gasteiger partial charge >= 0.3 is 0 Å².